The Morgan fingerprint density at radius 1 is 0.895 bits per heavy atom. The summed E-state index contributed by atoms with van der Waals surface area (Å²) in [6, 6.07) is 17.2. The zero-order chi connectivity index (χ0) is 13.5. The van der Waals surface area contributed by atoms with Gasteiger partial charge in [0, 0.05) is 6.54 Å². The molecule has 0 atom stereocenters. The predicted molar refractivity (Wildman–Crippen MR) is 80.2 cm³/mol. The molecular formula is C17H21NO. The molecule has 0 aliphatic carbocycles. The highest BCUT2D eigenvalue weighted by molar-refractivity contribution is 5.63. The number of nitrogens with one attached hydrogen (secondary N) is 1. The molecule has 0 unspecified atom stereocenters. The molecular weight excluding hydrogens is 234 g/mol. The van der Waals surface area contributed by atoms with Gasteiger partial charge in [-0.15, -0.1) is 0 Å². The molecule has 0 saturated heterocycles. The van der Waals surface area contributed by atoms with E-state index in [1.54, 1.807) is 0 Å². The van der Waals surface area contributed by atoms with Crippen molar-refractivity contribution in [3.8, 4) is 11.1 Å². The molecule has 19 heavy (non-hydrogen) atoms. The van der Waals surface area contributed by atoms with Gasteiger partial charge in [0.05, 0.1) is 13.2 Å². The van der Waals surface area contributed by atoms with Crippen LogP contribution in [-0.2, 0) is 11.3 Å². The van der Waals surface area contributed by atoms with E-state index in [9.17, 15) is 0 Å². The standard InChI is InChI=1S/C17H21NO/c1-14-3-7-16(8-4-14)17-9-5-15(6-10-17)13-19-12-11-18-2/h3-10,18H,11-13H2,1-2H3. The van der Waals surface area contributed by atoms with Crippen molar-refractivity contribution in [1.29, 1.82) is 0 Å². The van der Waals surface area contributed by atoms with Gasteiger partial charge in [0.1, 0.15) is 0 Å². The molecule has 0 spiro atoms. The molecule has 0 aliphatic rings. The summed E-state index contributed by atoms with van der Waals surface area (Å²) in [5, 5.41) is 3.06. The number of hydrogen-bond acceptors (Lipinski definition) is 2. The Hall–Kier alpha value is -1.64. The number of rotatable bonds is 6. The van der Waals surface area contributed by atoms with Gasteiger partial charge in [0.2, 0.25) is 0 Å². The van der Waals surface area contributed by atoms with E-state index in [1.807, 2.05) is 7.05 Å². The van der Waals surface area contributed by atoms with E-state index in [4.69, 9.17) is 4.74 Å². The molecule has 2 heteroatoms. The molecule has 0 aliphatic heterocycles. The molecule has 2 aromatic rings. The van der Waals surface area contributed by atoms with Gasteiger partial charge in [0.25, 0.3) is 0 Å². The Morgan fingerprint density at radius 3 is 2.05 bits per heavy atom. The first-order valence-corrected chi connectivity index (χ1v) is 6.68. The minimum Gasteiger partial charge on any atom is -0.375 e. The van der Waals surface area contributed by atoms with Gasteiger partial charge < -0.3 is 10.1 Å². The topological polar surface area (TPSA) is 21.3 Å². The highest BCUT2D eigenvalue weighted by atomic mass is 16.5. The summed E-state index contributed by atoms with van der Waals surface area (Å²) in [6.45, 7) is 4.42. The lowest BCUT2D eigenvalue weighted by Gasteiger charge is -2.06. The van der Waals surface area contributed by atoms with E-state index >= 15 is 0 Å². The van der Waals surface area contributed by atoms with E-state index in [2.05, 4.69) is 60.8 Å². The number of aryl methyl sites for hydroxylation is 1. The van der Waals surface area contributed by atoms with Crippen LogP contribution in [0.5, 0.6) is 0 Å². The fourth-order valence-electron chi connectivity index (χ4n) is 1.90. The number of benzene rings is 2. The van der Waals surface area contributed by atoms with Gasteiger partial charge in [-0.2, -0.15) is 0 Å². The molecule has 0 heterocycles. The quantitative estimate of drug-likeness (QED) is 0.799. The summed E-state index contributed by atoms with van der Waals surface area (Å²) >= 11 is 0. The molecule has 0 bridgehead atoms. The second kappa shape index (κ2) is 7.07. The Labute approximate surface area is 115 Å². The maximum Gasteiger partial charge on any atom is 0.0717 e. The average Bonchev–Trinajstić information content (AvgIpc) is 2.45. The van der Waals surface area contributed by atoms with Gasteiger partial charge in [-0.1, -0.05) is 54.1 Å². The van der Waals surface area contributed by atoms with Crippen molar-refractivity contribution in [2.24, 2.45) is 0 Å². The fraction of sp³-hybridized carbons (Fsp3) is 0.294. The maximum absolute atomic E-state index is 5.56. The summed E-state index contributed by atoms with van der Waals surface area (Å²) < 4.78 is 5.56. The first kappa shape index (κ1) is 13.8. The van der Waals surface area contributed by atoms with Crippen LogP contribution in [0.15, 0.2) is 48.5 Å². The summed E-state index contributed by atoms with van der Waals surface area (Å²) in [6.07, 6.45) is 0. The fourth-order valence-corrected chi connectivity index (χ4v) is 1.90. The van der Waals surface area contributed by atoms with E-state index in [1.165, 1.54) is 22.3 Å². The van der Waals surface area contributed by atoms with Crippen LogP contribution in [0.2, 0.25) is 0 Å². The molecule has 0 amide bonds. The average molecular weight is 255 g/mol. The lowest BCUT2D eigenvalue weighted by atomic mass is 10.0. The third kappa shape index (κ3) is 4.19. The van der Waals surface area contributed by atoms with Crippen LogP contribution in [0, 0.1) is 6.92 Å². The smallest absolute Gasteiger partial charge is 0.0717 e. The molecule has 1 N–H and O–H groups in total. The highest BCUT2D eigenvalue weighted by Crippen LogP contribution is 2.20. The first-order valence-electron chi connectivity index (χ1n) is 6.68. The van der Waals surface area contributed by atoms with E-state index in [0.717, 1.165) is 13.2 Å². The SMILES string of the molecule is CNCCOCc1ccc(-c2ccc(C)cc2)cc1. The lowest BCUT2D eigenvalue weighted by molar-refractivity contribution is 0.124. The Balaban J connectivity index is 1.96. The van der Waals surface area contributed by atoms with E-state index in [0.29, 0.717) is 6.61 Å². The maximum atomic E-state index is 5.56. The van der Waals surface area contributed by atoms with Gasteiger partial charge in [-0.3, -0.25) is 0 Å². The Bertz CT molecular complexity index is 488. The molecule has 2 aromatic carbocycles. The van der Waals surface area contributed by atoms with E-state index < -0.39 is 0 Å². The normalized spacial score (nSPS) is 10.6. The summed E-state index contributed by atoms with van der Waals surface area (Å²) in [4.78, 5) is 0. The van der Waals surface area contributed by atoms with Crippen LogP contribution in [0.1, 0.15) is 11.1 Å². The van der Waals surface area contributed by atoms with Crippen molar-refractivity contribution in [2.45, 2.75) is 13.5 Å². The van der Waals surface area contributed by atoms with Gasteiger partial charge in [-0.05, 0) is 30.7 Å². The van der Waals surface area contributed by atoms with Crippen LogP contribution in [0.4, 0.5) is 0 Å². The predicted octanol–water partition coefficient (Wildman–Crippen LogP) is 3.40. The van der Waals surface area contributed by atoms with Crippen molar-refractivity contribution < 1.29 is 4.74 Å². The third-order valence-electron chi connectivity index (χ3n) is 3.10. The molecule has 0 aromatic heterocycles. The van der Waals surface area contributed by atoms with E-state index in [-0.39, 0.29) is 0 Å². The van der Waals surface area contributed by atoms with Crippen molar-refractivity contribution in [1.82, 2.24) is 5.32 Å². The minimum absolute atomic E-state index is 0.676. The van der Waals surface area contributed by atoms with Crippen LogP contribution >= 0.6 is 0 Å². The monoisotopic (exact) mass is 255 g/mol. The summed E-state index contributed by atoms with van der Waals surface area (Å²) in [5.41, 5.74) is 5.01. The molecule has 2 rings (SSSR count). The van der Waals surface area contributed by atoms with Crippen LogP contribution in [-0.4, -0.2) is 20.2 Å². The number of hydrogen-bond donors (Lipinski definition) is 1. The molecule has 100 valence electrons. The van der Waals surface area contributed by atoms with Gasteiger partial charge in [-0.25, -0.2) is 0 Å². The van der Waals surface area contributed by atoms with Crippen molar-refractivity contribution in [2.75, 3.05) is 20.2 Å². The Morgan fingerprint density at radius 2 is 1.47 bits per heavy atom. The number of likely N-dealkylation sites (N-methyl/N-ethyl adjacent to an activating group) is 1. The van der Waals surface area contributed by atoms with Crippen molar-refractivity contribution in [3.63, 3.8) is 0 Å². The van der Waals surface area contributed by atoms with Crippen LogP contribution in [0.25, 0.3) is 11.1 Å². The highest BCUT2D eigenvalue weighted by Gasteiger charge is 1.98. The largest absolute Gasteiger partial charge is 0.375 e. The molecule has 2 nitrogen and oxygen atoms in total. The summed E-state index contributed by atoms with van der Waals surface area (Å²) in [5.74, 6) is 0. The van der Waals surface area contributed by atoms with Gasteiger partial charge in [0.15, 0.2) is 0 Å². The van der Waals surface area contributed by atoms with Crippen LogP contribution in [0.3, 0.4) is 0 Å². The Kier molecular flexibility index (Phi) is 5.13. The molecule has 0 fully saturated rings. The lowest BCUT2D eigenvalue weighted by Crippen LogP contribution is -2.13. The van der Waals surface area contributed by atoms with Crippen molar-refractivity contribution >= 4 is 0 Å². The van der Waals surface area contributed by atoms with Gasteiger partial charge >= 0.3 is 0 Å². The zero-order valence-electron chi connectivity index (χ0n) is 11.6. The number of ether oxygens (including phenoxy) is 1. The molecule has 0 radical (unpaired) electrons. The van der Waals surface area contributed by atoms with Crippen molar-refractivity contribution in [3.05, 3.63) is 59.7 Å². The molecule has 0 saturated carbocycles. The third-order valence-corrected chi connectivity index (χ3v) is 3.10. The second-order valence-corrected chi connectivity index (χ2v) is 4.72. The summed E-state index contributed by atoms with van der Waals surface area (Å²) in [7, 11) is 1.93. The second-order valence-electron chi connectivity index (χ2n) is 4.72. The van der Waals surface area contributed by atoms with Crippen LogP contribution < -0.4 is 5.32 Å². The minimum atomic E-state index is 0.676. The first-order chi connectivity index (χ1) is 9.29. The zero-order valence-corrected chi connectivity index (χ0v) is 11.6.